The minimum absolute atomic E-state index is 0.101. The van der Waals surface area contributed by atoms with Gasteiger partial charge >= 0.3 is 5.97 Å². The van der Waals surface area contributed by atoms with Gasteiger partial charge in [-0.1, -0.05) is 72.8 Å². The summed E-state index contributed by atoms with van der Waals surface area (Å²) in [5.41, 5.74) is 3.13. The van der Waals surface area contributed by atoms with Gasteiger partial charge in [0.05, 0.1) is 0 Å². The molecule has 0 radical (unpaired) electrons. The molecule has 1 aliphatic rings. The summed E-state index contributed by atoms with van der Waals surface area (Å²) in [5, 5.41) is 10.5. The van der Waals surface area contributed by atoms with E-state index in [2.05, 4.69) is 12.1 Å². The lowest BCUT2D eigenvalue weighted by atomic mass is 10.0. The predicted molar refractivity (Wildman–Crippen MR) is 123 cm³/mol. The van der Waals surface area contributed by atoms with Gasteiger partial charge in [-0.15, -0.1) is 11.8 Å². The highest BCUT2D eigenvalue weighted by Gasteiger charge is 2.30. The Kier molecular flexibility index (Phi) is 6.95. The molecule has 4 nitrogen and oxygen atoms in total. The smallest absolute Gasteiger partial charge is 0.348 e. The molecule has 5 heteroatoms. The number of hydrogen-bond acceptors (Lipinski definition) is 5. The molecule has 1 aliphatic heterocycles. The van der Waals surface area contributed by atoms with Gasteiger partial charge in [-0.3, -0.25) is 0 Å². The number of rotatable bonds is 8. The van der Waals surface area contributed by atoms with Gasteiger partial charge in [0, 0.05) is 12.2 Å². The summed E-state index contributed by atoms with van der Waals surface area (Å²) in [6, 6.07) is 27.5. The molecule has 0 saturated carbocycles. The molecule has 3 aromatic rings. The number of ether oxygens (including phenoxy) is 2. The number of aliphatic hydroxyl groups excluding tert-OH is 1. The molecule has 31 heavy (non-hydrogen) atoms. The molecule has 0 bridgehead atoms. The molecule has 0 fully saturated rings. The molecule has 0 aliphatic carbocycles. The summed E-state index contributed by atoms with van der Waals surface area (Å²) in [4.78, 5) is 12.8. The molecule has 158 valence electrons. The van der Waals surface area contributed by atoms with Crippen LogP contribution in [-0.4, -0.2) is 16.8 Å². The van der Waals surface area contributed by atoms with Crippen LogP contribution in [-0.2, 0) is 22.6 Å². The maximum Gasteiger partial charge on any atom is 0.348 e. The molecule has 1 unspecified atom stereocenters. The summed E-state index contributed by atoms with van der Waals surface area (Å²) in [7, 11) is 0. The zero-order chi connectivity index (χ0) is 21.5. The Morgan fingerprint density at radius 3 is 2.19 bits per heavy atom. The topological polar surface area (TPSA) is 55.8 Å². The maximum absolute atomic E-state index is 12.5. The second-order valence-electron chi connectivity index (χ2n) is 7.30. The Morgan fingerprint density at radius 1 is 0.903 bits per heavy atom. The highest BCUT2D eigenvalue weighted by atomic mass is 32.2. The van der Waals surface area contributed by atoms with Crippen molar-refractivity contribution in [1.29, 1.82) is 0 Å². The average Bonchev–Trinajstić information content (AvgIpc) is 2.81. The van der Waals surface area contributed by atoms with E-state index >= 15 is 0 Å². The van der Waals surface area contributed by atoms with Crippen LogP contribution in [0.5, 0.6) is 5.75 Å². The molecule has 0 saturated heterocycles. The SMILES string of the molecule is O=C1OC(c2ccc(OCc3ccccc3)cc2)CC(O)=C1SCCc1ccccc1. The van der Waals surface area contributed by atoms with Crippen molar-refractivity contribution in [3.63, 3.8) is 0 Å². The third-order valence-electron chi connectivity index (χ3n) is 5.06. The second kappa shape index (κ2) is 10.2. The first-order valence-electron chi connectivity index (χ1n) is 10.3. The Morgan fingerprint density at radius 2 is 1.55 bits per heavy atom. The fourth-order valence-electron chi connectivity index (χ4n) is 3.37. The Bertz CT molecular complexity index is 1030. The molecule has 4 rings (SSSR count). The predicted octanol–water partition coefficient (Wildman–Crippen LogP) is 6.00. The third-order valence-corrected chi connectivity index (χ3v) is 6.15. The van der Waals surface area contributed by atoms with Crippen molar-refractivity contribution >= 4 is 17.7 Å². The molecule has 0 aromatic heterocycles. The lowest BCUT2D eigenvalue weighted by Gasteiger charge is -2.24. The number of carbonyl (C=O) groups is 1. The van der Waals surface area contributed by atoms with Crippen LogP contribution in [0, 0.1) is 0 Å². The molecule has 1 N–H and O–H groups in total. The maximum atomic E-state index is 12.5. The van der Waals surface area contributed by atoms with E-state index in [0.717, 1.165) is 23.3 Å². The van der Waals surface area contributed by atoms with Crippen LogP contribution in [0.15, 0.2) is 95.6 Å². The van der Waals surface area contributed by atoms with Gasteiger partial charge in [0.2, 0.25) is 0 Å². The molecule has 3 aromatic carbocycles. The van der Waals surface area contributed by atoms with Crippen LogP contribution in [0.4, 0.5) is 0 Å². The molecule has 1 atom stereocenters. The number of benzene rings is 3. The fourth-order valence-corrected chi connectivity index (χ4v) is 4.33. The van der Waals surface area contributed by atoms with Crippen LogP contribution in [0.25, 0.3) is 0 Å². The monoisotopic (exact) mass is 432 g/mol. The summed E-state index contributed by atoms with van der Waals surface area (Å²) in [6.07, 6.45) is 0.613. The van der Waals surface area contributed by atoms with E-state index in [1.807, 2.05) is 72.8 Å². The summed E-state index contributed by atoms with van der Waals surface area (Å²) in [5.74, 6) is 1.09. The minimum Gasteiger partial charge on any atom is -0.511 e. The zero-order valence-corrected chi connectivity index (χ0v) is 17.9. The van der Waals surface area contributed by atoms with Crippen molar-refractivity contribution < 1.29 is 19.4 Å². The van der Waals surface area contributed by atoms with Gasteiger partial charge in [-0.2, -0.15) is 0 Å². The molecule has 0 amide bonds. The van der Waals surface area contributed by atoms with E-state index in [-0.39, 0.29) is 12.2 Å². The van der Waals surface area contributed by atoms with Gasteiger partial charge in [0.15, 0.2) is 0 Å². The van der Waals surface area contributed by atoms with Gasteiger partial charge in [-0.05, 0) is 35.2 Å². The van der Waals surface area contributed by atoms with Crippen molar-refractivity contribution in [2.45, 2.75) is 25.6 Å². The molecule has 0 spiro atoms. The number of hydrogen-bond donors (Lipinski definition) is 1. The summed E-state index contributed by atoms with van der Waals surface area (Å²) < 4.78 is 11.4. The first-order valence-corrected chi connectivity index (χ1v) is 11.2. The Balaban J connectivity index is 1.33. The van der Waals surface area contributed by atoms with E-state index < -0.39 is 12.1 Å². The van der Waals surface area contributed by atoms with Crippen LogP contribution >= 0.6 is 11.8 Å². The number of cyclic esters (lactones) is 1. The first kappa shape index (κ1) is 21.1. The van der Waals surface area contributed by atoms with E-state index in [1.54, 1.807) is 0 Å². The van der Waals surface area contributed by atoms with Crippen LogP contribution in [0.1, 0.15) is 29.2 Å². The highest BCUT2D eigenvalue weighted by Crippen LogP contribution is 2.36. The Labute approximate surface area is 186 Å². The largest absolute Gasteiger partial charge is 0.511 e. The molecular weight excluding hydrogens is 408 g/mol. The lowest BCUT2D eigenvalue weighted by Crippen LogP contribution is -2.20. The van der Waals surface area contributed by atoms with Gasteiger partial charge < -0.3 is 14.6 Å². The van der Waals surface area contributed by atoms with E-state index in [4.69, 9.17) is 9.47 Å². The third kappa shape index (κ3) is 5.70. The number of aliphatic hydroxyl groups is 1. The normalized spacial score (nSPS) is 16.1. The summed E-state index contributed by atoms with van der Waals surface area (Å²) >= 11 is 1.35. The van der Waals surface area contributed by atoms with E-state index in [1.165, 1.54) is 17.3 Å². The zero-order valence-electron chi connectivity index (χ0n) is 17.1. The van der Waals surface area contributed by atoms with Crippen molar-refractivity contribution in [2.75, 3.05) is 5.75 Å². The van der Waals surface area contributed by atoms with Crippen LogP contribution in [0.2, 0.25) is 0 Å². The van der Waals surface area contributed by atoms with Crippen molar-refractivity contribution in [3.8, 4) is 5.75 Å². The van der Waals surface area contributed by atoms with Gasteiger partial charge in [0.25, 0.3) is 0 Å². The number of thioether (sulfide) groups is 1. The minimum atomic E-state index is -0.492. The summed E-state index contributed by atoms with van der Waals surface area (Å²) in [6.45, 7) is 0.492. The number of esters is 1. The second-order valence-corrected chi connectivity index (χ2v) is 8.41. The van der Waals surface area contributed by atoms with Crippen molar-refractivity contribution in [3.05, 3.63) is 112 Å². The quantitative estimate of drug-likeness (QED) is 0.443. The van der Waals surface area contributed by atoms with E-state index in [0.29, 0.717) is 17.3 Å². The lowest BCUT2D eigenvalue weighted by molar-refractivity contribution is -0.146. The standard InChI is InChI=1S/C26H24O4S/c27-23-17-24(30-26(28)25(23)31-16-15-19-7-3-1-4-8-19)21-11-13-22(14-12-21)29-18-20-9-5-2-6-10-20/h1-14,24,27H,15-18H2. The molecular formula is C26H24O4S. The average molecular weight is 433 g/mol. The fraction of sp³-hybridized carbons (Fsp3) is 0.192. The molecule has 1 heterocycles. The number of aryl methyl sites for hydroxylation is 1. The van der Waals surface area contributed by atoms with Gasteiger partial charge in [-0.25, -0.2) is 4.79 Å². The van der Waals surface area contributed by atoms with Crippen molar-refractivity contribution in [2.24, 2.45) is 0 Å². The highest BCUT2D eigenvalue weighted by molar-refractivity contribution is 8.04. The first-order chi connectivity index (χ1) is 15.2. The van der Waals surface area contributed by atoms with Gasteiger partial charge in [0.1, 0.15) is 29.1 Å². The van der Waals surface area contributed by atoms with E-state index in [9.17, 15) is 9.90 Å². The number of carbonyl (C=O) groups excluding carboxylic acids is 1. The van der Waals surface area contributed by atoms with Crippen LogP contribution < -0.4 is 4.74 Å². The Hall–Kier alpha value is -3.18. The van der Waals surface area contributed by atoms with Crippen molar-refractivity contribution in [1.82, 2.24) is 0 Å². The van der Waals surface area contributed by atoms with Crippen LogP contribution in [0.3, 0.4) is 0 Å².